The van der Waals surface area contributed by atoms with Gasteiger partial charge in [0.2, 0.25) is 5.91 Å². The topological polar surface area (TPSA) is 60.8 Å². The summed E-state index contributed by atoms with van der Waals surface area (Å²) in [5, 5.41) is 19.3. The maximum Gasteiger partial charge on any atom is 0.412 e. The molecule has 0 aromatic heterocycles. The lowest BCUT2D eigenvalue weighted by atomic mass is 9.83. The van der Waals surface area contributed by atoms with Gasteiger partial charge in [0, 0.05) is 6.04 Å². The quantitative estimate of drug-likeness (QED) is 0.830. The molecule has 2 N–H and O–H groups in total. The summed E-state index contributed by atoms with van der Waals surface area (Å²) in [4.78, 5) is 13.7. The lowest BCUT2D eigenvalue weighted by molar-refractivity contribution is -0.129. The van der Waals surface area contributed by atoms with Gasteiger partial charge in [0.15, 0.2) is 0 Å². The first-order chi connectivity index (χ1) is 11.6. The van der Waals surface area contributed by atoms with Crippen LogP contribution >= 0.6 is 0 Å². The molecule has 5 heteroatoms. The molecular weight excluding hydrogens is 301 g/mol. The first-order valence-electron chi connectivity index (χ1n) is 8.35. The molecule has 3 rings (SSSR count). The third kappa shape index (κ3) is 3.37. The lowest BCUT2D eigenvalue weighted by Crippen LogP contribution is -2.45. The average molecular weight is 323 g/mol. The third-order valence-corrected chi connectivity index (χ3v) is 4.71. The van der Waals surface area contributed by atoms with Gasteiger partial charge in [-0.2, -0.15) is 0 Å². The molecule has 2 aromatic carbocycles. The van der Waals surface area contributed by atoms with E-state index in [1.165, 1.54) is 10.4 Å². The number of nitrogens with zero attached hydrogens (tertiary/aromatic N) is 1. The molecule has 1 fully saturated rings. The van der Waals surface area contributed by atoms with Crippen molar-refractivity contribution in [1.29, 1.82) is 0 Å². The number of carbonyl (C=O) groups is 1. The number of benzene rings is 2. The number of carbonyl (C=O) groups excluding carboxylic acids is 1. The second-order valence-electron chi connectivity index (χ2n) is 6.41. The van der Waals surface area contributed by atoms with E-state index < -0.39 is 13.0 Å². The molecule has 2 aromatic rings. The molecule has 0 spiro atoms. The van der Waals surface area contributed by atoms with E-state index in [0.717, 1.165) is 11.1 Å². The minimum absolute atomic E-state index is 0.0720. The fraction of sp³-hybridized carbons (Fsp3) is 0.316. The van der Waals surface area contributed by atoms with Crippen molar-refractivity contribution in [1.82, 2.24) is 4.81 Å². The average Bonchev–Trinajstić information content (AvgIpc) is 2.92. The Morgan fingerprint density at radius 1 is 1.08 bits per heavy atom. The minimum Gasteiger partial charge on any atom is -0.432 e. The van der Waals surface area contributed by atoms with Crippen LogP contribution in [0, 0.1) is 5.92 Å². The van der Waals surface area contributed by atoms with E-state index in [9.17, 15) is 14.9 Å². The molecule has 1 aliphatic rings. The normalized spacial score (nSPS) is 20.5. The molecule has 1 heterocycles. The molecule has 0 radical (unpaired) electrons. The highest BCUT2D eigenvalue weighted by molar-refractivity contribution is 6.49. The molecule has 2 atom stereocenters. The van der Waals surface area contributed by atoms with Crippen LogP contribution in [0.5, 0.6) is 0 Å². The van der Waals surface area contributed by atoms with Crippen LogP contribution in [-0.4, -0.2) is 40.5 Å². The SMILES string of the molecule is CB(O)N1C(=O)C(CO)C[C@H]1Cc1ccc(-c2ccccc2)cc1. The summed E-state index contributed by atoms with van der Waals surface area (Å²) >= 11 is 0. The summed E-state index contributed by atoms with van der Waals surface area (Å²) in [6, 6.07) is 18.4. The number of rotatable bonds is 5. The predicted molar refractivity (Wildman–Crippen MR) is 95.2 cm³/mol. The molecule has 1 saturated heterocycles. The van der Waals surface area contributed by atoms with E-state index in [0.29, 0.717) is 12.8 Å². The Bertz CT molecular complexity index is 688. The third-order valence-electron chi connectivity index (χ3n) is 4.71. The van der Waals surface area contributed by atoms with Crippen LogP contribution in [0.2, 0.25) is 6.82 Å². The summed E-state index contributed by atoms with van der Waals surface area (Å²) in [7, 11) is -0.831. The van der Waals surface area contributed by atoms with Crippen LogP contribution in [0.1, 0.15) is 12.0 Å². The van der Waals surface area contributed by atoms with E-state index in [-0.39, 0.29) is 18.6 Å². The van der Waals surface area contributed by atoms with E-state index in [1.54, 1.807) is 6.82 Å². The predicted octanol–water partition coefficient (Wildman–Crippen LogP) is 2.22. The van der Waals surface area contributed by atoms with Crippen LogP contribution < -0.4 is 0 Å². The van der Waals surface area contributed by atoms with Crippen LogP contribution in [0.25, 0.3) is 11.1 Å². The zero-order valence-electron chi connectivity index (χ0n) is 13.8. The highest BCUT2D eigenvalue weighted by atomic mass is 16.3. The second-order valence-corrected chi connectivity index (χ2v) is 6.41. The van der Waals surface area contributed by atoms with E-state index in [1.807, 2.05) is 18.2 Å². The Morgan fingerprint density at radius 2 is 1.71 bits per heavy atom. The van der Waals surface area contributed by atoms with E-state index >= 15 is 0 Å². The number of aliphatic hydroxyl groups is 1. The number of hydrogen-bond acceptors (Lipinski definition) is 3. The Morgan fingerprint density at radius 3 is 2.29 bits per heavy atom. The van der Waals surface area contributed by atoms with Gasteiger partial charge >= 0.3 is 7.05 Å². The number of amides is 1. The van der Waals surface area contributed by atoms with Crippen molar-refractivity contribution in [3.05, 3.63) is 60.2 Å². The number of hydrogen-bond donors (Lipinski definition) is 2. The maximum absolute atomic E-state index is 12.2. The zero-order chi connectivity index (χ0) is 17.1. The van der Waals surface area contributed by atoms with Crippen LogP contribution in [0.3, 0.4) is 0 Å². The van der Waals surface area contributed by atoms with Crippen molar-refractivity contribution in [2.75, 3.05) is 6.61 Å². The fourth-order valence-electron chi connectivity index (χ4n) is 3.49. The van der Waals surface area contributed by atoms with Crippen LogP contribution in [-0.2, 0) is 11.2 Å². The Balaban J connectivity index is 1.75. The Kier molecular flexibility index (Phi) is 5.02. The van der Waals surface area contributed by atoms with Crippen molar-refractivity contribution in [3.8, 4) is 11.1 Å². The second kappa shape index (κ2) is 7.20. The van der Waals surface area contributed by atoms with Gasteiger partial charge in [-0.05, 0) is 36.4 Å². The molecule has 0 aliphatic carbocycles. The van der Waals surface area contributed by atoms with Gasteiger partial charge in [-0.25, -0.2) is 0 Å². The Labute approximate surface area is 142 Å². The fourth-order valence-corrected chi connectivity index (χ4v) is 3.49. The molecule has 1 aliphatic heterocycles. The molecule has 0 saturated carbocycles. The van der Waals surface area contributed by atoms with Crippen molar-refractivity contribution in [2.24, 2.45) is 5.92 Å². The van der Waals surface area contributed by atoms with Gasteiger partial charge in [0.05, 0.1) is 12.5 Å². The molecular formula is C19H22BNO3. The highest BCUT2D eigenvalue weighted by Crippen LogP contribution is 2.28. The highest BCUT2D eigenvalue weighted by Gasteiger charge is 2.42. The standard InChI is InChI=1S/C19H22BNO3/c1-20(24)21-18(12-17(13-22)19(21)23)11-14-7-9-16(10-8-14)15-5-3-2-4-6-15/h2-10,17-18,22,24H,11-13H2,1H3/t17?,18-/m1/s1. The van der Waals surface area contributed by atoms with Gasteiger partial charge in [0.25, 0.3) is 0 Å². The number of aliphatic hydroxyl groups excluding tert-OH is 1. The lowest BCUT2D eigenvalue weighted by Gasteiger charge is -2.25. The van der Waals surface area contributed by atoms with Gasteiger partial charge in [0.1, 0.15) is 0 Å². The van der Waals surface area contributed by atoms with E-state index in [4.69, 9.17) is 0 Å². The van der Waals surface area contributed by atoms with Crippen molar-refractivity contribution in [2.45, 2.75) is 25.7 Å². The van der Waals surface area contributed by atoms with Gasteiger partial charge < -0.3 is 14.9 Å². The van der Waals surface area contributed by atoms with Crippen molar-refractivity contribution < 1.29 is 14.9 Å². The molecule has 0 bridgehead atoms. The summed E-state index contributed by atoms with van der Waals surface area (Å²) in [5.41, 5.74) is 3.45. The molecule has 1 unspecified atom stereocenters. The summed E-state index contributed by atoms with van der Waals surface area (Å²) < 4.78 is 0. The first kappa shape index (κ1) is 16.7. The minimum atomic E-state index is -0.831. The van der Waals surface area contributed by atoms with Gasteiger partial charge in [-0.1, -0.05) is 54.6 Å². The van der Waals surface area contributed by atoms with Gasteiger partial charge in [-0.3, -0.25) is 4.79 Å². The summed E-state index contributed by atoms with van der Waals surface area (Å²) in [6.07, 6.45) is 1.27. The summed E-state index contributed by atoms with van der Waals surface area (Å²) in [5.74, 6) is -0.549. The van der Waals surface area contributed by atoms with Crippen molar-refractivity contribution in [3.63, 3.8) is 0 Å². The molecule has 24 heavy (non-hydrogen) atoms. The Hall–Kier alpha value is -2.11. The first-order valence-corrected chi connectivity index (χ1v) is 8.35. The summed E-state index contributed by atoms with van der Waals surface area (Å²) in [6.45, 7) is 1.44. The van der Waals surface area contributed by atoms with Crippen molar-refractivity contribution >= 4 is 13.0 Å². The largest absolute Gasteiger partial charge is 0.432 e. The smallest absolute Gasteiger partial charge is 0.412 e. The monoisotopic (exact) mass is 323 g/mol. The molecule has 1 amide bonds. The molecule has 124 valence electrons. The van der Waals surface area contributed by atoms with Crippen LogP contribution in [0.4, 0.5) is 0 Å². The maximum atomic E-state index is 12.2. The van der Waals surface area contributed by atoms with Crippen LogP contribution in [0.15, 0.2) is 54.6 Å². The van der Waals surface area contributed by atoms with Gasteiger partial charge in [-0.15, -0.1) is 0 Å². The molecule has 4 nitrogen and oxygen atoms in total. The van der Waals surface area contributed by atoms with E-state index in [2.05, 4.69) is 36.4 Å². The zero-order valence-corrected chi connectivity index (χ0v) is 13.8.